The van der Waals surface area contributed by atoms with Crippen molar-refractivity contribution in [1.82, 2.24) is 14.7 Å². The van der Waals surface area contributed by atoms with Gasteiger partial charge in [0, 0.05) is 59.3 Å². The molecule has 1 aliphatic heterocycles. The molecule has 1 fully saturated rings. The van der Waals surface area contributed by atoms with Gasteiger partial charge in [0.05, 0.1) is 6.54 Å². The van der Waals surface area contributed by atoms with E-state index in [9.17, 15) is 18.0 Å². The maximum absolute atomic E-state index is 12.3. The van der Waals surface area contributed by atoms with Gasteiger partial charge in [-0.15, -0.1) is 0 Å². The first-order valence-corrected chi connectivity index (χ1v) is 6.66. The molecule has 20 heavy (non-hydrogen) atoms. The molecule has 1 rings (SSSR count). The summed E-state index contributed by atoms with van der Waals surface area (Å²) in [6.07, 6.45) is -3.85. The Morgan fingerprint density at radius 2 is 1.80 bits per heavy atom. The standard InChI is InChI=1S/C12H23F3N4O/c1-17(2)11(20)7-10(8-16)19-5-3-18(4-6-19)9-12(13,14)15/h10H,3-9,16H2,1-2H3. The highest BCUT2D eigenvalue weighted by molar-refractivity contribution is 5.76. The van der Waals surface area contributed by atoms with Gasteiger partial charge in [0.2, 0.25) is 5.91 Å². The van der Waals surface area contributed by atoms with Crippen LogP contribution in [0.4, 0.5) is 13.2 Å². The molecule has 8 heteroatoms. The lowest BCUT2D eigenvalue weighted by atomic mass is 10.1. The van der Waals surface area contributed by atoms with Crippen molar-refractivity contribution in [3.8, 4) is 0 Å². The van der Waals surface area contributed by atoms with Crippen LogP contribution in [-0.4, -0.2) is 86.2 Å². The molecule has 118 valence electrons. The average Bonchev–Trinajstić information content (AvgIpc) is 2.34. The Bertz CT molecular complexity index is 314. The maximum Gasteiger partial charge on any atom is 0.401 e. The Hall–Kier alpha value is -0.860. The Morgan fingerprint density at radius 3 is 2.20 bits per heavy atom. The molecule has 1 saturated heterocycles. The molecule has 5 nitrogen and oxygen atoms in total. The topological polar surface area (TPSA) is 52.8 Å². The quantitative estimate of drug-likeness (QED) is 0.774. The number of alkyl halides is 3. The lowest BCUT2D eigenvalue weighted by molar-refractivity contribution is -0.150. The molecule has 0 saturated carbocycles. The van der Waals surface area contributed by atoms with E-state index >= 15 is 0 Å². The zero-order chi connectivity index (χ0) is 15.3. The highest BCUT2D eigenvalue weighted by Gasteiger charge is 2.33. The number of hydrogen-bond acceptors (Lipinski definition) is 4. The first-order valence-electron chi connectivity index (χ1n) is 6.66. The van der Waals surface area contributed by atoms with Crippen LogP contribution < -0.4 is 5.73 Å². The summed E-state index contributed by atoms with van der Waals surface area (Å²) in [5.41, 5.74) is 5.68. The Kier molecular flexibility index (Phi) is 6.22. The number of halogens is 3. The third-order valence-electron chi connectivity index (χ3n) is 3.51. The fourth-order valence-corrected chi connectivity index (χ4v) is 2.29. The summed E-state index contributed by atoms with van der Waals surface area (Å²) in [4.78, 5) is 16.6. The van der Waals surface area contributed by atoms with Gasteiger partial charge in [-0.2, -0.15) is 13.2 Å². The molecule has 0 aliphatic carbocycles. The molecule has 0 radical (unpaired) electrons. The van der Waals surface area contributed by atoms with Gasteiger partial charge in [-0.25, -0.2) is 0 Å². The van der Waals surface area contributed by atoms with Crippen LogP contribution in [0.2, 0.25) is 0 Å². The zero-order valence-corrected chi connectivity index (χ0v) is 12.0. The van der Waals surface area contributed by atoms with Gasteiger partial charge in [-0.1, -0.05) is 0 Å². The van der Waals surface area contributed by atoms with E-state index in [1.807, 2.05) is 4.90 Å². The second-order valence-corrected chi connectivity index (χ2v) is 5.31. The number of rotatable bonds is 5. The van der Waals surface area contributed by atoms with E-state index in [0.29, 0.717) is 39.1 Å². The SMILES string of the molecule is CN(C)C(=O)CC(CN)N1CCN(CC(F)(F)F)CC1. The number of amides is 1. The number of hydrogen-bond donors (Lipinski definition) is 1. The summed E-state index contributed by atoms with van der Waals surface area (Å²) in [5.74, 6) is -0.0156. The molecule has 1 heterocycles. The normalized spacial score (nSPS) is 19.9. The summed E-state index contributed by atoms with van der Waals surface area (Å²) in [6.45, 7) is 1.19. The van der Waals surface area contributed by atoms with E-state index in [1.54, 1.807) is 14.1 Å². The molecule has 1 atom stereocenters. The zero-order valence-electron chi connectivity index (χ0n) is 12.0. The minimum absolute atomic E-state index is 0.0156. The van der Waals surface area contributed by atoms with Gasteiger partial charge >= 0.3 is 6.18 Å². The van der Waals surface area contributed by atoms with Crippen molar-refractivity contribution in [2.45, 2.75) is 18.6 Å². The lowest BCUT2D eigenvalue weighted by Gasteiger charge is -2.39. The van der Waals surface area contributed by atoms with Crippen LogP contribution >= 0.6 is 0 Å². The molecule has 0 spiro atoms. The van der Waals surface area contributed by atoms with Crippen molar-refractivity contribution in [3.63, 3.8) is 0 Å². The van der Waals surface area contributed by atoms with Gasteiger partial charge in [-0.05, 0) is 0 Å². The van der Waals surface area contributed by atoms with E-state index in [1.165, 1.54) is 9.80 Å². The molecule has 1 amide bonds. The van der Waals surface area contributed by atoms with Crippen molar-refractivity contribution in [1.29, 1.82) is 0 Å². The van der Waals surface area contributed by atoms with Crippen molar-refractivity contribution in [3.05, 3.63) is 0 Å². The fraction of sp³-hybridized carbons (Fsp3) is 0.917. The smallest absolute Gasteiger partial charge is 0.349 e. The summed E-state index contributed by atoms with van der Waals surface area (Å²) in [6, 6.07) is -0.0991. The molecular formula is C12H23F3N4O. The van der Waals surface area contributed by atoms with Crippen LogP contribution in [-0.2, 0) is 4.79 Å². The number of piperazine rings is 1. The van der Waals surface area contributed by atoms with Crippen LogP contribution in [0.3, 0.4) is 0 Å². The molecule has 1 unspecified atom stereocenters. The second kappa shape index (κ2) is 7.24. The minimum Gasteiger partial charge on any atom is -0.349 e. The molecule has 1 aliphatic rings. The average molecular weight is 296 g/mol. The molecule has 0 aromatic rings. The van der Waals surface area contributed by atoms with E-state index in [4.69, 9.17) is 5.73 Å². The largest absolute Gasteiger partial charge is 0.401 e. The molecule has 0 aromatic carbocycles. The first kappa shape index (κ1) is 17.2. The first-order chi connectivity index (χ1) is 9.23. The third kappa shape index (κ3) is 5.64. The summed E-state index contributed by atoms with van der Waals surface area (Å²) in [7, 11) is 3.36. The monoisotopic (exact) mass is 296 g/mol. The van der Waals surface area contributed by atoms with Crippen molar-refractivity contribution in [2.24, 2.45) is 5.73 Å². The molecular weight excluding hydrogens is 273 g/mol. The molecule has 0 aromatic heterocycles. The highest BCUT2D eigenvalue weighted by Crippen LogP contribution is 2.18. The lowest BCUT2D eigenvalue weighted by Crippen LogP contribution is -2.54. The number of carbonyl (C=O) groups is 1. The summed E-state index contributed by atoms with van der Waals surface area (Å²) >= 11 is 0. The van der Waals surface area contributed by atoms with E-state index < -0.39 is 12.7 Å². The van der Waals surface area contributed by atoms with E-state index in [-0.39, 0.29) is 11.9 Å². The van der Waals surface area contributed by atoms with Gasteiger partial charge in [0.25, 0.3) is 0 Å². The summed E-state index contributed by atoms with van der Waals surface area (Å²) in [5, 5.41) is 0. The highest BCUT2D eigenvalue weighted by atomic mass is 19.4. The van der Waals surface area contributed by atoms with E-state index in [0.717, 1.165) is 0 Å². The van der Waals surface area contributed by atoms with Crippen LogP contribution in [0.5, 0.6) is 0 Å². The van der Waals surface area contributed by atoms with Crippen LogP contribution in [0.15, 0.2) is 0 Å². The predicted molar refractivity (Wildman–Crippen MR) is 70.2 cm³/mol. The van der Waals surface area contributed by atoms with Gasteiger partial charge < -0.3 is 10.6 Å². The number of carbonyl (C=O) groups excluding carboxylic acids is 1. The second-order valence-electron chi connectivity index (χ2n) is 5.31. The number of nitrogens with two attached hydrogens (primary N) is 1. The fourth-order valence-electron chi connectivity index (χ4n) is 2.29. The Morgan fingerprint density at radius 1 is 1.25 bits per heavy atom. The van der Waals surface area contributed by atoms with E-state index in [2.05, 4.69) is 0 Å². The predicted octanol–water partition coefficient (Wildman–Crippen LogP) is -0.0281. The van der Waals surface area contributed by atoms with Crippen LogP contribution in [0.1, 0.15) is 6.42 Å². The number of nitrogens with zero attached hydrogens (tertiary/aromatic N) is 3. The van der Waals surface area contributed by atoms with Gasteiger partial charge in [0.1, 0.15) is 0 Å². The van der Waals surface area contributed by atoms with Crippen molar-refractivity contribution in [2.75, 3.05) is 53.4 Å². The Balaban J connectivity index is 2.44. The molecule has 0 bridgehead atoms. The van der Waals surface area contributed by atoms with Crippen LogP contribution in [0, 0.1) is 0 Å². The summed E-state index contributed by atoms with van der Waals surface area (Å²) < 4.78 is 36.9. The Labute approximate surface area is 117 Å². The minimum atomic E-state index is -4.16. The molecule has 2 N–H and O–H groups in total. The van der Waals surface area contributed by atoms with Crippen molar-refractivity contribution >= 4 is 5.91 Å². The van der Waals surface area contributed by atoms with Crippen molar-refractivity contribution < 1.29 is 18.0 Å². The van der Waals surface area contributed by atoms with Gasteiger partial charge in [-0.3, -0.25) is 14.6 Å². The third-order valence-corrected chi connectivity index (χ3v) is 3.51. The van der Waals surface area contributed by atoms with Crippen LogP contribution in [0.25, 0.3) is 0 Å². The van der Waals surface area contributed by atoms with Gasteiger partial charge in [0.15, 0.2) is 0 Å². The maximum atomic E-state index is 12.3.